The van der Waals surface area contributed by atoms with Gasteiger partial charge in [-0.2, -0.15) is 9.50 Å². The Balaban J connectivity index is 1.80. The summed E-state index contributed by atoms with van der Waals surface area (Å²) in [6.07, 6.45) is 1.64. The molecular formula is C19H25N5O. The lowest BCUT2D eigenvalue weighted by molar-refractivity contribution is 0.816. The Morgan fingerprint density at radius 1 is 1.20 bits per heavy atom. The number of hydrogen-bond acceptors (Lipinski definition) is 4. The molecule has 25 heavy (non-hydrogen) atoms. The number of H-pyrrole nitrogens is 1. The molecule has 0 spiro atoms. The molecule has 0 unspecified atom stereocenters. The molecule has 0 bridgehead atoms. The maximum absolute atomic E-state index is 12.6. The molecule has 0 saturated heterocycles. The van der Waals surface area contributed by atoms with Crippen molar-refractivity contribution in [1.29, 1.82) is 0 Å². The van der Waals surface area contributed by atoms with Crippen molar-refractivity contribution in [2.75, 3.05) is 5.32 Å². The van der Waals surface area contributed by atoms with Gasteiger partial charge >= 0.3 is 0 Å². The molecule has 1 aromatic carbocycles. The van der Waals surface area contributed by atoms with Crippen LogP contribution in [0.5, 0.6) is 0 Å². The Hall–Kier alpha value is -2.63. The topological polar surface area (TPSA) is 75.1 Å². The van der Waals surface area contributed by atoms with Gasteiger partial charge in [0.05, 0.1) is 5.69 Å². The normalized spacial score (nSPS) is 11.4. The lowest BCUT2D eigenvalue weighted by atomic mass is 10.0. The van der Waals surface area contributed by atoms with Crippen LogP contribution in [-0.4, -0.2) is 19.6 Å². The molecule has 2 aromatic heterocycles. The summed E-state index contributed by atoms with van der Waals surface area (Å²) in [7, 11) is 0. The minimum Gasteiger partial charge on any atom is -0.351 e. The zero-order chi connectivity index (χ0) is 18.0. The Morgan fingerprint density at radius 2 is 1.92 bits per heavy atom. The monoisotopic (exact) mass is 339 g/mol. The summed E-state index contributed by atoms with van der Waals surface area (Å²) in [5, 5.41) is 6.24. The third-order valence-electron chi connectivity index (χ3n) is 4.40. The minimum atomic E-state index is -0.0637. The molecule has 2 heterocycles. The number of rotatable bonds is 6. The predicted octanol–water partition coefficient (Wildman–Crippen LogP) is 3.41. The van der Waals surface area contributed by atoms with Crippen molar-refractivity contribution < 1.29 is 0 Å². The first-order valence-electron chi connectivity index (χ1n) is 8.80. The van der Waals surface area contributed by atoms with Gasteiger partial charge in [0.15, 0.2) is 0 Å². The third-order valence-corrected chi connectivity index (χ3v) is 4.40. The molecule has 0 aliphatic heterocycles. The number of benzene rings is 1. The van der Waals surface area contributed by atoms with Crippen LogP contribution in [0, 0.1) is 6.92 Å². The quantitative estimate of drug-likeness (QED) is 0.721. The van der Waals surface area contributed by atoms with E-state index < -0.39 is 0 Å². The first-order chi connectivity index (χ1) is 12.0. The van der Waals surface area contributed by atoms with E-state index in [1.807, 2.05) is 6.92 Å². The molecular weight excluding hydrogens is 314 g/mol. The van der Waals surface area contributed by atoms with E-state index >= 15 is 0 Å². The van der Waals surface area contributed by atoms with Crippen LogP contribution in [0.15, 0.2) is 29.1 Å². The van der Waals surface area contributed by atoms with Crippen LogP contribution in [0.2, 0.25) is 0 Å². The predicted molar refractivity (Wildman–Crippen MR) is 100 cm³/mol. The Morgan fingerprint density at radius 3 is 2.56 bits per heavy atom. The average Bonchev–Trinajstić information content (AvgIpc) is 3.00. The van der Waals surface area contributed by atoms with Crippen LogP contribution in [-0.2, 0) is 13.0 Å². The van der Waals surface area contributed by atoms with Gasteiger partial charge in [-0.3, -0.25) is 9.89 Å². The van der Waals surface area contributed by atoms with E-state index in [0.717, 1.165) is 29.7 Å². The highest BCUT2D eigenvalue weighted by molar-refractivity contribution is 5.39. The Kier molecular flexibility index (Phi) is 4.88. The summed E-state index contributed by atoms with van der Waals surface area (Å²) >= 11 is 0. The SMILES string of the molecule is CCCc1c(C)nc2nc(NCc3ccc(C(C)C)cc3)[nH]n2c1=O. The van der Waals surface area contributed by atoms with E-state index in [9.17, 15) is 4.79 Å². The molecule has 0 aliphatic carbocycles. The second-order valence-electron chi connectivity index (χ2n) is 6.69. The molecule has 3 aromatic rings. The van der Waals surface area contributed by atoms with Crippen molar-refractivity contribution in [3.63, 3.8) is 0 Å². The second kappa shape index (κ2) is 7.09. The lowest BCUT2D eigenvalue weighted by Gasteiger charge is -2.07. The van der Waals surface area contributed by atoms with Crippen molar-refractivity contribution in [2.24, 2.45) is 0 Å². The number of nitrogens with zero attached hydrogens (tertiary/aromatic N) is 3. The molecule has 132 valence electrons. The second-order valence-corrected chi connectivity index (χ2v) is 6.69. The highest BCUT2D eigenvalue weighted by atomic mass is 16.1. The van der Waals surface area contributed by atoms with Crippen LogP contribution in [0.4, 0.5) is 5.95 Å². The van der Waals surface area contributed by atoms with E-state index in [2.05, 4.69) is 65.4 Å². The lowest BCUT2D eigenvalue weighted by Crippen LogP contribution is -2.21. The van der Waals surface area contributed by atoms with Crippen molar-refractivity contribution in [3.05, 3.63) is 57.0 Å². The number of aromatic nitrogens is 4. The highest BCUT2D eigenvalue weighted by Crippen LogP contribution is 2.15. The number of aryl methyl sites for hydroxylation is 1. The molecule has 6 heteroatoms. The van der Waals surface area contributed by atoms with E-state index in [1.54, 1.807) is 0 Å². The zero-order valence-corrected chi connectivity index (χ0v) is 15.3. The molecule has 0 atom stereocenters. The maximum atomic E-state index is 12.6. The standard InChI is InChI=1S/C19H25N5O/c1-5-6-16-13(4)21-19-22-18(23-24(19)17(16)25)20-11-14-7-9-15(10-8-14)12(2)3/h7-10,12H,5-6,11H2,1-4H3,(H2,20,21,22,23). The molecule has 0 fully saturated rings. The van der Waals surface area contributed by atoms with Gasteiger partial charge in [-0.15, -0.1) is 0 Å². The van der Waals surface area contributed by atoms with Crippen LogP contribution in [0.1, 0.15) is 55.5 Å². The van der Waals surface area contributed by atoms with Crippen molar-refractivity contribution in [1.82, 2.24) is 19.6 Å². The van der Waals surface area contributed by atoms with Gasteiger partial charge in [-0.1, -0.05) is 51.5 Å². The molecule has 0 aliphatic rings. The maximum Gasteiger partial charge on any atom is 0.277 e. The molecule has 0 saturated carbocycles. The third kappa shape index (κ3) is 3.57. The van der Waals surface area contributed by atoms with Gasteiger partial charge in [-0.25, -0.2) is 4.98 Å². The highest BCUT2D eigenvalue weighted by Gasteiger charge is 2.12. The fourth-order valence-electron chi connectivity index (χ4n) is 2.88. The first-order valence-corrected chi connectivity index (χ1v) is 8.80. The van der Waals surface area contributed by atoms with Gasteiger partial charge in [0.1, 0.15) is 0 Å². The van der Waals surface area contributed by atoms with Crippen LogP contribution in [0.25, 0.3) is 5.78 Å². The number of nitrogens with one attached hydrogen (secondary N) is 2. The van der Waals surface area contributed by atoms with Crippen molar-refractivity contribution >= 4 is 11.7 Å². The Bertz CT molecular complexity index is 921. The minimum absolute atomic E-state index is 0.0637. The molecule has 0 radical (unpaired) electrons. The van der Waals surface area contributed by atoms with Gasteiger partial charge in [0.25, 0.3) is 11.3 Å². The van der Waals surface area contributed by atoms with Crippen LogP contribution in [0.3, 0.4) is 0 Å². The number of hydrogen-bond donors (Lipinski definition) is 2. The smallest absolute Gasteiger partial charge is 0.277 e. The summed E-state index contributed by atoms with van der Waals surface area (Å²) in [6.45, 7) is 8.92. The van der Waals surface area contributed by atoms with Gasteiger partial charge in [0, 0.05) is 12.1 Å². The van der Waals surface area contributed by atoms with E-state index in [4.69, 9.17) is 0 Å². The van der Waals surface area contributed by atoms with Gasteiger partial charge in [-0.05, 0) is 30.4 Å². The van der Waals surface area contributed by atoms with E-state index in [-0.39, 0.29) is 5.56 Å². The van der Waals surface area contributed by atoms with Crippen molar-refractivity contribution in [2.45, 2.75) is 53.0 Å². The summed E-state index contributed by atoms with van der Waals surface area (Å²) in [6, 6.07) is 8.51. The van der Waals surface area contributed by atoms with Gasteiger partial charge < -0.3 is 5.32 Å². The van der Waals surface area contributed by atoms with E-state index in [1.165, 1.54) is 10.1 Å². The molecule has 2 N–H and O–H groups in total. The summed E-state index contributed by atoms with van der Waals surface area (Å²) < 4.78 is 1.42. The summed E-state index contributed by atoms with van der Waals surface area (Å²) in [5.74, 6) is 1.47. The zero-order valence-electron chi connectivity index (χ0n) is 15.3. The molecule has 0 amide bonds. The molecule has 6 nitrogen and oxygen atoms in total. The van der Waals surface area contributed by atoms with Gasteiger partial charge in [0.2, 0.25) is 5.95 Å². The fourth-order valence-corrected chi connectivity index (χ4v) is 2.88. The summed E-state index contributed by atoms with van der Waals surface area (Å²) in [4.78, 5) is 21.4. The van der Waals surface area contributed by atoms with Crippen LogP contribution >= 0.6 is 0 Å². The van der Waals surface area contributed by atoms with Crippen LogP contribution < -0.4 is 10.9 Å². The largest absolute Gasteiger partial charge is 0.351 e. The van der Waals surface area contributed by atoms with Crippen molar-refractivity contribution in [3.8, 4) is 0 Å². The average molecular weight is 339 g/mol. The number of fused-ring (bicyclic) bond motifs is 1. The number of anilines is 1. The Labute approximate surface area is 147 Å². The van der Waals surface area contributed by atoms with E-state index in [0.29, 0.717) is 24.2 Å². The number of aromatic amines is 1. The summed E-state index contributed by atoms with van der Waals surface area (Å²) in [5.41, 5.74) is 3.93. The first kappa shape index (κ1) is 17.2. The molecule has 3 rings (SSSR count). The fraction of sp³-hybridized carbons (Fsp3) is 0.421.